The van der Waals surface area contributed by atoms with Crippen molar-refractivity contribution < 1.29 is 4.74 Å². The summed E-state index contributed by atoms with van der Waals surface area (Å²) in [6.45, 7) is 5.69. The first-order valence-electron chi connectivity index (χ1n) is 8.60. The van der Waals surface area contributed by atoms with E-state index in [0.717, 1.165) is 18.7 Å². The lowest BCUT2D eigenvalue weighted by atomic mass is 9.74. The Kier molecular flexibility index (Phi) is 6.10. The van der Waals surface area contributed by atoms with E-state index in [-0.39, 0.29) is 0 Å². The smallest absolute Gasteiger partial charge is 0.118 e. The van der Waals surface area contributed by atoms with Crippen molar-refractivity contribution in [2.45, 2.75) is 64.8 Å². The Morgan fingerprint density at radius 1 is 1.14 bits per heavy atom. The van der Waals surface area contributed by atoms with Gasteiger partial charge in [0.15, 0.2) is 0 Å². The molecule has 0 bridgehead atoms. The predicted octanol–water partition coefficient (Wildman–Crippen LogP) is 4.58. The largest absolute Gasteiger partial charge is 0.497 e. The number of nitrogens with one attached hydrogen (secondary N) is 1. The molecule has 2 rings (SSSR count). The summed E-state index contributed by atoms with van der Waals surface area (Å²) in [6.07, 6.45) is 9.36. The Hall–Kier alpha value is -1.02. The highest BCUT2D eigenvalue weighted by atomic mass is 16.5. The molecule has 2 heteroatoms. The monoisotopic (exact) mass is 289 g/mol. The van der Waals surface area contributed by atoms with Crippen LogP contribution in [0.2, 0.25) is 0 Å². The summed E-state index contributed by atoms with van der Waals surface area (Å²) < 4.78 is 5.24. The molecular weight excluding hydrogens is 258 g/mol. The quantitative estimate of drug-likeness (QED) is 0.756. The molecular formula is C19H31NO. The van der Waals surface area contributed by atoms with Crippen LogP contribution >= 0.6 is 0 Å². The van der Waals surface area contributed by atoms with Crippen LogP contribution in [-0.2, 0) is 6.42 Å². The van der Waals surface area contributed by atoms with E-state index in [1.165, 1.54) is 44.1 Å². The first kappa shape index (κ1) is 16.4. The topological polar surface area (TPSA) is 21.3 Å². The molecule has 0 aromatic heterocycles. The first-order chi connectivity index (χ1) is 10.2. The van der Waals surface area contributed by atoms with Gasteiger partial charge in [0.2, 0.25) is 0 Å². The Morgan fingerprint density at radius 2 is 1.81 bits per heavy atom. The van der Waals surface area contributed by atoms with Crippen LogP contribution in [0.1, 0.15) is 57.9 Å². The number of hydrogen-bond acceptors (Lipinski definition) is 2. The number of hydrogen-bond donors (Lipinski definition) is 1. The zero-order chi connectivity index (χ0) is 15.1. The third kappa shape index (κ3) is 4.00. The second-order valence-electron chi connectivity index (χ2n) is 6.42. The van der Waals surface area contributed by atoms with E-state index in [9.17, 15) is 0 Å². The van der Waals surface area contributed by atoms with Crippen molar-refractivity contribution in [1.82, 2.24) is 5.32 Å². The van der Waals surface area contributed by atoms with Crippen molar-refractivity contribution in [2.75, 3.05) is 13.7 Å². The zero-order valence-electron chi connectivity index (χ0n) is 14.0. The van der Waals surface area contributed by atoms with Crippen LogP contribution in [0.4, 0.5) is 0 Å². The summed E-state index contributed by atoms with van der Waals surface area (Å²) in [7, 11) is 1.72. The molecule has 1 saturated carbocycles. The lowest BCUT2D eigenvalue weighted by Crippen LogP contribution is -2.44. The summed E-state index contributed by atoms with van der Waals surface area (Å²) in [5.41, 5.74) is 1.96. The van der Waals surface area contributed by atoms with Crippen LogP contribution in [0.15, 0.2) is 24.3 Å². The predicted molar refractivity (Wildman–Crippen MR) is 90.0 cm³/mol. The number of ether oxygens (including phenoxy) is 1. The molecule has 1 aromatic carbocycles. The van der Waals surface area contributed by atoms with Gasteiger partial charge in [0.25, 0.3) is 0 Å². The molecule has 0 heterocycles. The van der Waals surface area contributed by atoms with E-state index in [1.54, 1.807) is 7.11 Å². The third-order valence-electron chi connectivity index (χ3n) is 5.37. The molecule has 21 heavy (non-hydrogen) atoms. The van der Waals surface area contributed by atoms with Gasteiger partial charge >= 0.3 is 0 Å². The molecule has 1 unspecified atom stereocenters. The molecule has 1 atom stereocenters. The van der Waals surface area contributed by atoms with Crippen LogP contribution in [0.25, 0.3) is 0 Å². The molecule has 0 amide bonds. The highest BCUT2D eigenvalue weighted by molar-refractivity contribution is 5.27. The maximum atomic E-state index is 5.24. The average Bonchev–Trinajstić information content (AvgIpc) is 3.02. The van der Waals surface area contributed by atoms with Crippen LogP contribution < -0.4 is 10.1 Å². The van der Waals surface area contributed by atoms with Gasteiger partial charge in [-0.05, 0) is 61.8 Å². The van der Waals surface area contributed by atoms with Crippen molar-refractivity contribution in [1.29, 1.82) is 0 Å². The second kappa shape index (κ2) is 7.84. The highest BCUT2D eigenvalue weighted by Crippen LogP contribution is 2.45. The molecule has 1 N–H and O–H groups in total. The lowest BCUT2D eigenvalue weighted by Gasteiger charge is -2.38. The number of benzene rings is 1. The third-order valence-corrected chi connectivity index (χ3v) is 5.37. The molecule has 0 saturated heterocycles. The molecule has 1 fully saturated rings. The van der Waals surface area contributed by atoms with Crippen molar-refractivity contribution in [3.63, 3.8) is 0 Å². The van der Waals surface area contributed by atoms with E-state index < -0.39 is 0 Å². The first-order valence-corrected chi connectivity index (χ1v) is 8.60. The van der Waals surface area contributed by atoms with Crippen LogP contribution in [-0.4, -0.2) is 19.7 Å². The van der Waals surface area contributed by atoms with Gasteiger partial charge in [-0.25, -0.2) is 0 Å². The van der Waals surface area contributed by atoms with Gasteiger partial charge in [-0.15, -0.1) is 0 Å². The van der Waals surface area contributed by atoms with Gasteiger partial charge in [-0.3, -0.25) is 0 Å². The molecule has 118 valence electrons. The Bertz CT molecular complexity index is 406. The Labute approximate surface area is 130 Å². The Balaban J connectivity index is 1.98. The van der Waals surface area contributed by atoms with E-state index in [0.29, 0.717) is 11.5 Å². The van der Waals surface area contributed by atoms with Crippen molar-refractivity contribution in [2.24, 2.45) is 5.41 Å². The number of rotatable bonds is 8. The average molecular weight is 289 g/mol. The van der Waals surface area contributed by atoms with Gasteiger partial charge in [-0.1, -0.05) is 38.8 Å². The number of methoxy groups -OCH3 is 1. The SMILES string of the molecule is CCNC(CCc1ccc(OC)cc1)C1(CC)CCCC1. The minimum atomic E-state index is 0.544. The normalized spacial score (nSPS) is 18.6. The van der Waals surface area contributed by atoms with Crippen LogP contribution in [0.3, 0.4) is 0 Å². The molecule has 0 radical (unpaired) electrons. The van der Waals surface area contributed by atoms with Crippen molar-refractivity contribution >= 4 is 0 Å². The molecule has 0 aliphatic heterocycles. The minimum Gasteiger partial charge on any atom is -0.497 e. The van der Waals surface area contributed by atoms with Gasteiger partial charge in [0.05, 0.1) is 7.11 Å². The highest BCUT2D eigenvalue weighted by Gasteiger charge is 2.38. The van der Waals surface area contributed by atoms with Crippen molar-refractivity contribution in [3.8, 4) is 5.75 Å². The Morgan fingerprint density at radius 3 is 2.33 bits per heavy atom. The summed E-state index contributed by atoms with van der Waals surface area (Å²) in [5, 5.41) is 3.78. The van der Waals surface area contributed by atoms with Crippen molar-refractivity contribution in [3.05, 3.63) is 29.8 Å². The maximum Gasteiger partial charge on any atom is 0.118 e. The molecule has 1 aromatic rings. The minimum absolute atomic E-state index is 0.544. The maximum absolute atomic E-state index is 5.24. The fourth-order valence-electron chi connectivity index (χ4n) is 4.00. The summed E-state index contributed by atoms with van der Waals surface area (Å²) >= 11 is 0. The van der Waals surface area contributed by atoms with E-state index >= 15 is 0 Å². The summed E-state index contributed by atoms with van der Waals surface area (Å²) in [4.78, 5) is 0. The van der Waals surface area contributed by atoms with Crippen LogP contribution in [0, 0.1) is 5.41 Å². The fourth-order valence-corrected chi connectivity index (χ4v) is 4.00. The molecule has 2 nitrogen and oxygen atoms in total. The zero-order valence-corrected chi connectivity index (χ0v) is 14.0. The second-order valence-corrected chi connectivity index (χ2v) is 6.42. The summed E-state index contributed by atoms with van der Waals surface area (Å²) in [5.74, 6) is 0.947. The molecule has 0 spiro atoms. The lowest BCUT2D eigenvalue weighted by molar-refractivity contribution is 0.178. The number of aryl methyl sites for hydroxylation is 1. The molecule has 1 aliphatic carbocycles. The van der Waals surface area contributed by atoms with Crippen LogP contribution in [0.5, 0.6) is 5.75 Å². The van der Waals surface area contributed by atoms with E-state index in [4.69, 9.17) is 4.74 Å². The van der Waals surface area contributed by atoms with Gasteiger partial charge in [-0.2, -0.15) is 0 Å². The molecule has 1 aliphatic rings. The fraction of sp³-hybridized carbons (Fsp3) is 0.684. The van der Waals surface area contributed by atoms with E-state index in [2.05, 4.69) is 43.4 Å². The van der Waals surface area contributed by atoms with Gasteiger partial charge < -0.3 is 10.1 Å². The van der Waals surface area contributed by atoms with E-state index in [1.807, 2.05) is 0 Å². The van der Waals surface area contributed by atoms with Gasteiger partial charge in [0.1, 0.15) is 5.75 Å². The summed E-state index contributed by atoms with van der Waals surface area (Å²) in [6, 6.07) is 9.22. The van der Waals surface area contributed by atoms with Gasteiger partial charge in [0, 0.05) is 6.04 Å². The standard InChI is InChI=1S/C19H31NO/c1-4-19(14-6-7-15-19)18(20-5-2)13-10-16-8-11-17(21-3)12-9-16/h8-9,11-12,18,20H,4-7,10,13-15H2,1-3H3.